The van der Waals surface area contributed by atoms with Gasteiger partial charge in [0.15, 0.2) is 5.96 Å². The number of guanidine groups is 1. The normalized spacial score (nSPS) is 11.5. The van der Waals surface area contributed by atoms with Gasteiger partial charge in [0.25, 0.3) is 0 Å². The lowest BCUT2D eigenvalue weighted by molar-refractivity contribution is -0.137. The smallest absolute Gasteiger partial charge is 0.357 e. The fraction of sp³-hybridized carbons (Fsp3) is 0.400. The molecule has 0 spiro atoms. The zero-order chi connectivity index (χ0) is 20.6. The Kier molecular flexibility index (Phi) is 10.5. The van der Waals surface area contributed by atoms with Gasteiger partial charge in [-0.05, 0) is 37.1 Å². The number of benzene rings is 1. The number of hydrogen-bond donors (Lipinski definition) is 2. The number of aromatic nitrogens is 1. The zero-order valence-corrected chi connectivity index (χ0v) is 19.6. The second-order valence-electron chi connectivity index (χ2n) is 6.25. The Labute approximate surface area is 190 Å². The van der Waals surface area contributed by atoms with Crippen LogP contribution in [-0.4, -0.2) is 24.0 Å². The maximum atomic E-state index is 12.6. The first-order valence-electron chi connectivity index (χ1n) is 8.92. The van der Waals surface area contributed by atoms with E-state index < -0.39 is 11.7 Å². The van der Waals surface area contributed by atoms with E-state index >= 15 is 0 Å². The van der Waals surface area contributed by atoms with Crippen molar-refractivity contribution in [2.45, 2.75) is 39.4 Å². The predicted octanol–water partition coefficient (Wildman–Crippen LogP) is 5.01. The molecule has 0 unspecified atom stereocenters. The molecule has 0 saturated carbocycles. The van der Waals surface area contributed by atoms with Gasteiger partial charge >= 0.3 is 6.18 Å². The number of rotatable bonds is 5. The fourth-order valence-corrected chi connectivity index (χ4v) is 3.05. The SMILES string of the molecule is CCNC(=NCc1nc(C(C)C)cs1)NCC#Cc1ccc(C(F)(F)F)cc1.I. The van der Waals surface area contributed by atoms with E-state index in [1.54, 1.807) is 11.3 Å². The summed E-state index contributed by atoms with van der Waals surface area (Å²) in [5, 5.41) is 9.21. The minimum atomic E-state index is -4.34. The number of thiazole rings is 1. The monoisotopic (exact) mass is 536 g/mol. The van der Waals surface area contributed by atoms with Crippen LogP contribution in [-0.2, 0) is 12.7 Å². The van der Waals surface area contributed by atoms with E-state index in [-0.39, 0.29) is 24.0 Å². The van der Waals surface area contributed by atoms with Gasteiger partial charge in [0, 0.05) is 17.5 Å². The highest BCUT2D eigenvalue weighted by Crippen LogP contribution is 2.28. The summed E-state index contributed by atoms with van der Waals surface area (Å²) in [6.07, 6.45) is -4.34. The van der Waals surface area contributed by atoms with Gasteiger partial charge in [0.1, 0.15) is 5.01 Å². The summed E-state index contributed by atoms with van der Waals surface area (Å²) in [5.41, 5.74) is 0.914. The molecular formula is C20H24F3IN4S. The van der Waals surface area contributed by atoms with Crippen LogP contribution >= 0.6 is 35.3 Å². The van der Waals surface area contributed by atoms with Crippen LogP contribution in [0.2, 0.25) is 0 Å². The van der Waals surface area contributed by atoms with E-state index in [4.69, 9.17) is 0 Å². The van der Waals surface area contributed by atoms with E-state index in [1.165, 1.54) is 12.1 Å². The van der Waals surface area contributed by atoms with Gasteiger partial charge < -0.3 is 10.6 Å². The quantitative estimate of drug-likeness (QED) is 0.245. The Morgan fingerprint density at radius 3 is 2.45 bits per heavy atom. The third kappa shape index (κ3) is 8.62. The summed E-state index contributed by atoms with van der Waals surface area (Å²) in [6, 6.07) is 4.79. The average Bonchev–Trinajstić information content (AvgIpc) is 3.12. The summed E-state index contributed by atoms with van der Waals surface area (Å²) >= 11 is 1.58. The third-order valence-electron chi connectivity index (χ3n) is 3.67. The molecule has 1 aromatic heterocycles. The van der Waals surface area contributed by atoms with Crippen LogP contribution in [0.3, 0.4) is 0 Å². The second-order valence-corrected chi connectivity index (χ2v) is 7.19. The lowest BCUT2D eigenvalue weighted by atomic mass is 10.1. The molecule has 0 fully saturated rings. The highest BCUT2D eigenvalue weighted by atomic mass is 127. The van der Waals surface area contributed by atoms with Gasteiger partial charge in [0.2, 0.25) is 0 Å². The van der Waals surface area contributed by atoms with Crippen LogP contribution in [0.4, 0.5) is 13.2 Å². The summed E-state index contributed by atoms with van der Waals surface area (Å²) in [5.74, 6) is 6.73. The molecule has 4 nitrogen and oxygen atoms in total. The van der Waals surface area contributed by atoms with Gasteiger partial charge in [-0.3, -0.25) is 0 Å². The Balaban J connectivity index is 0.00000420. The topological polar surface area (TPSA) is 49.3 Å². The Morgan fingerprint density at radius 2 is 1.90 bits per heavy atom. The Hall–Kier alpha value is -1.80. The Morgan fingerprint density at radius 1 is 1.21 bits per heavy atom. The molecule has 2 aromatic rings. The number of aliphatic imine (C=N–C) groups is 1. The minimum Gasteiger partial charge on any atom is -0.357 e. The lowest BCUT2D eigenvalue weighted by Gasteiger charge is -2.08. The van der Waals surface area contributed by atoms with E-state index in [9.17, 15) is 13.2 Å². The third-order valence-corrected chi connectivity index (χ3v) is 4.52. The van der Waals surface area contributed by atoms with Crippen molar-refractivity contribution >= 4 is 41.3 Å². The van der Waals surface area contributed by atoms with E-state index in [0.29, 0.717) is 37.1 Å². The molecule has 0 aliphatic heterocycles. The van der Waals surface area contributed by atoms with Gasteiger partial charge in [-0.1, -0.05) is 25.7 Å². The minimum absolute atomic E-state index is 0. The van der Waals surface area contributed by atoms with Crippen molar-refractivity contribution in [1.29, 1.82) is 0 Å². The van der Waals surface area contributed by atoms with Crippen molar-refractivity contribution in [3.05, 3.63) is 51.5 Å². The second kappa shape index (κ2) is 12.0. The summed E-state index contributed by atoms with van der Waals surface area (Å²) in [4.78, 5) is 9.04. The van der Waals surface area contributed by atoms with Gasteiger partial charge in [-0.25, -0.2) is 9.98 Å². The highest BCUT2D eigenvalue weighted by molar-refractivity contribution is 14.0. The molecule has 29 heavy (non-hydrogen) atoms. The maximum absolute atomic E-state index is 12.6. The number of nitrogens with one attached hydrogen (secondary N) is 2. The number of hydrogen-bond acceptors (Lipinski definition) is 3. The largest absolute Gasteiger partial charge is 0.416 e. The van der Waals surface area contributed by atoms with Crippen LogP contribution in [0.15, 0.2) is 34.6 Å². The molecule has 0 aliphatic rings. The lowest BCUT2D eigenvalue weighted by Crippen LogP contribution is -2.37. The maximum Gasteiger partial charge on any atom is 0.416 e. The molecule has 158 valence electrons. The molecule has 0 bridgehead atoms. The zero-order valence-electron chi connectivity index (χ0n) is 16.4. The van der Waals surface area contributed by atoms with Crippen molar-refractivity contribution in [1.82, 2.24) is 15.6 Å². The Bertz CT molecular complexity index is 849. The molecule has 0 atom stereocenters. The highest BCUT2D eigenvalue weighted by Gasteiger charge is 2.29. The van der Waals surface area contributed by atoms with Crippen molar-refractivity contribution in [3.8, 4) is 11.8 Å². The molecule has 0 aliphatic carbocycles. The standard InChI is InChI=1S/C20H23F3N4S.HI/c1-4-24-19(26-12-18-27-17(13-28-18)14(2)3)25-11-5-6-15-7-9-16(10-8-15)20(21,22)23;/h7-10,13-14H,4,11-12H2,1-3H3,(H2,24,25,26);1H. The van der Waals surface area contributed by atoms with E-state index in [2.05, 4.69) is 46.3 Å². The van der Waals surface area contributed by atoms with Crippen molar-refractivity contribution in [2.75, 3.05) is 13.1 Å². The van der Waals surface area contributed by atoms with Gasteiger partial charge in [0.05, 0.1) is 24.3 Å². The van der Waals surface area contributed by atoms with Crippen LogP contribution < -0.4 is 10.6 Å². The first-order valence-corrected chi connectivity index (χ1v) is 9.80. The van der Waals surface area contributed by atoms with Gasteiger partial charge in [-0.2, -0.15) is 13.2 Å². The first-order chi connectivity index (χ1) is 13.3. The molecular weight excluding hydrogens is 512 g/mol. The number of nitrogens with zero attached hydrogens (tertiary/aromatic N) is 2. The van der Waals surface area contributed by atoms with E-state index in [0.717, 1.165) is 22.8 Å². The van der Waals surface area contributed by atoms with Crippen LogP contribution in [0.25, 0.3) is 0 Å². The summed E-state index contributed by atoms with van der Waals surface area (Å²) in [6.45, 7) is 7.66. The average molecular weight is 536 g/mol. The molecule has 1 heterocycles. The van der Waals surface area contributed by atoms with Crippen molar-refractivity contribution < 1.29 is 13.2 Å². The molecule has 1 aromatic carbocycles. The van der Waals surface area contributed by atoms with Crippen LogP contribution in [0, 0.1) is 11.8 Å². The molecule has 0 radical (unpaired) electrons. The van der Waals surface area contributed by atoms with Crippen LogP contribution in [0.1, 0.15) is 48.5 Å². The molecule has 0 saturated heterocycles. The van der Waals surface area contributed by atoms with Crippen molar-refractivity contribution in [2.24, 2.45) is 4.99 Å². The van der Waals surface area contributed by atoms with Gasteiger partial charge in [-0.15, -0.1) is 35.3 Å². The predicted molar refractivity (Wildman–Crippen MR) is 123 cm³/mol. The number of alkyl halides is 3. The first kappa shape index (κ1) is 25.2. The molecule has 2 N–H and O–H groups in total. The molecule has 0 amide bonds. The summed E-state index contributed by atoms with van der Waals surface area (Å²) < 4.78 is 37.7. The number of halogens is 4. The fourth-order valence-electron chi connectivity index (χ4n) is 2.17. The summed E-state index contributed by atoms with van der Waals surface area (Å²) in [7, 11) is 0. The van der Waals surface area contributed by atoms with E-state index in [1.807, 2.05) is 12.3 Å². The molecule has 9 heteroatoms. The van der Waals surface area contributed by atoms with Crippen molar-refractivity contribution in [3.63, 3.8) is 0 Å². The van der Waals surface area contributed by atoms with Crippen LogP contribution in [0.5, 0.6) is 0 Å². The molecule has 2 rings (SSSR count).